The molecule has 1 aliphatic heterocycles. The van der Waals surface area contributed by atoms with Gasteiger partial charge in [0.1, 0.15) is 5.82 Å². The molecule has 1 aromatic heterocycles. The average Bonchev–Trinajstić information content (AvgIpc) is 3.12. The highest BCUT2D eigenvalue weighted by Crippen LogP contribution is 2.19. The van der Waals surface area contributed by atoms with Crippen molar-refractivity contribution < 1.29 is 13.7 Å². The lowest BCUT2D eigenvalue weighted by molar-refractivity contribution is -0.910. The summed E-state index contributed by atoms with van der Waals surface area (Å²) < 4.78 is 18.7. The molecule has 2 aromatic carbocycles. The monoisotopic (exact) mass is 336 g/mol. The van der Waals surface area contributed by atoms with E-state index in [9.17, 15) is 4.39 Å². The molecule has 5 heteroatoms. The molecule has 1 unspecified atom stereocenters. The van der Waals surface area contributed by atoms with Crippen molar-refractivity contribution in [2.45, 2.75) is 13.0 Å². The number of benzene rings is 2. The minimum Gasteiger partial charge on any atom is -0.415 e. The first-order valence-corrected chi connectivity index (χ1v) is 8.44. The van der Waals surface area contributed by atoms with Crippen LogP contribution in [0, 0.1) is 5.82 Å². The van der Waals surface area contributed by atoms with Gasteiger partial charge < -0.3 is 9.32 Å². The Morgan fingerprint density at radius 1 is 0.960 bits per heavy atom. The van der Waals surface area contributed by atoms with Gasteiger partial charge in [0.25, 0.3) is 5.89 Å². The lowest BCUT2D eigenvalue weighted by atomic mass is 10.00. The molecule has 4 nitrogen and oxygen atoms in total. The van der Waals surface area contributed by atoms with Crippen LogP contribution in [-0.2, 0) is 6.54 Å². The maximum Gasteiger partial charge on any atom is 0.271 e. The Bertz CT molecular complexity index is 871. The Morgan fingerprint density at radius 2 is 1.76 bits per heavy atom. The lowest BCUT2D eigenvalue weighted by Crippen LogP contribution is -3.11. The summed E-state index contributed by atoms with van der Waals surface area (Å²) in [6.45, 7) is 2.68. The van der Waals surface area contributed by atoms with E-state index in [4.69, 9.17) is 4.42 Å². The summed E-state index contributed by atoms with van der Waals surface area (Å²) in [5.41, 5.74) is 3.44. The molecule has 0 spiro atoms. The first-order chi connectivity index (χ1) is 12.3. The molecule has 0 amide bonds. The van der Waals surface area contributed by atoms with E-state index in [0.29, 0.717) is 18.3 Å². The molecule has 1 N–H and O–H groups in total. The molecule has 126 valence electrons. The molecule has 1 atom stereocenters. The van der Waals surface area contributed by atoms with Crippen LogP contribution in [0.2, 0.25) is 0 Å². The predicted molar refractivity (Wildman–Crippen MR) is 93.1 cm³/mol. The van der Waals surface area contributed by atoms with Crippen molar-refractivity contribution in [2.75, 3.05) is 13.1 Å². The van der Waals surface area contributed by atoms with Crippen molar-refractivity contribution in [2.24, 2.45) is 0 Å². The standard InChI is InChI=1S/C20H18FN3O/c21-18-8-6-17(7-9-18)20-23-22-19(25-20)14-24-12-10-16(11-13-24)15-4-2-1-3-5-15/h1-10H,11-14H2/p+1. The smallest absolute Gasteiger partial charge is 0.271 e. The fourth-order valence-corrected chi connectivity index (χ4v) is 3.11. The SMILES string of the molecule is Fc1ccc(-c2nnc(C[NH+]3CC=C(c4ccccc4)CC3)o2)cc1. The van der Waals surface area contributed by atoms with E-state index in [0.717, 1.165) is 25.1 Å². The first-order valence-electron chi connectivity index (χ1n) is 8.44. The maximum absolute atomic E-state index is 13.0. The second-order valence-electron chi connectivity index (χ2n) is 6.23. The predicted octanol–water partition coefficient (Wildman–Crippen LogP) is 2.75. The topological polar surface area (TPSA) is 43.4 Å². The van der Waals surface area contributed by atoms with Crippen molar-refractivity contribution in [1.82, 2.24) is 10.2 Å². The second kappa shape index (κ2) is 6.99. The highest BCUT2D eigenvalue weighted by molar-refractivity contribution is 5.65. The summed E-state index contributed by atoms with van der Waals surface area (Å²) in [4.78, 5) is 1.40. The number of quaternary nitrogens is 1. The number of rotatable bonds is 4. The van der Waals surface area contributed by atoms with Crippen LogP contribution in [0.15, 0.2) is 65.1 Å². The van der Waals surface area contributed by atoms with Crippen molar-refractivity contribution in [3.05, 3.63) is 77.9 Å². The molecular weight excluding hydrogens is 317 g/mol. The van der Waals surface area contributed by atoms with Crippen LogP contribution in [0.25, 0.3) is 17.0 Å². The van der Waals surface area contributed by atoms with Gasteiger partial charge in [-0.2, -0.15) is 0 Å². The molecule has 0 radical (unpaired) electrons. The molecule has 0 saturated heterocycles. The molecule has 0 fully saturated rings. The van der Waals surface area contributed by atoms with Gasteiger partial charge in [-0.1, -0.05) is 30.3 Å². The number of hydrogen-bond acceptors (Lipinski definition) is 3. The Balaban J connectivity index is 1.41. The molecule has 0 saturated carbocycles. The average molecular weight is 336 g/mol. The Labute approximate surface area is 145 Å². The van der Waals surface area contributed by atoms with Crippen LogP contribution in [0.4, 0.5) is 4.39 Å². The van der Waals surface area contributed by atoms with Crippen LogP contribution >= 0.6 is 0 Å². The lowest BCUT2D eigenvalue weighted by Gasteiger charge is -2.22. The molecular formula is C20H19FN3O+. The third-order valence-corrected chi connectivity index (χ3v) is 4.49. The van der Waals surface area contributed by atoms with Crippen molar-refractivity contribution in [1.29, 1.82) is 0 Å². The first kappa shape index (κ1) is 15.7. The maximum atomic E-state index is 13.0. The van der Waals surface area contributed by atoms with Gasteiger partial charge >= 0.3 is 0 Å². The zero-order valence-electron chi connectivity index (χ0n) is 13.8. The van der Waals surface area contributed by atoms with Crippen LogP contribution in [0.5, 0.6) is 0 Å². The van der Waals surface area contributed by atoms with E-state index in [1.807, 2.05) is 6.07 Å². The minimum absolute atomic E-state index is 0.276. The van der Waals surface area contributed by atoms with Gasteiger partial charge in [0.2, 0.25) is 5.89 Å². The van der Waals surface area contributed by atoms with Crippen molar-refractivity contribution >= 4 is 5.57 Å². The van der Waals surface area contributed by atoms with E-state index in [-0.39, 0.29) is 5.82 Å². The summed E-state index contributed by atoms with van der Waals surface area (Å²) in [6.07, 6.45) is 3.34. The summed E-state index contributed by atoms with van der Waals surface area (Å²) >= 11 is 0. The summed E-state index contributed by atoms with van der Waals surface area (Å²) in [5, 5.41) is 8.21. The molecule has 0 bridgehead atoms. The van der Waals surface area contributed by atoms with E-state index in [2.05, 4.69) is 40.5 Å². The Morgan fingerprint density at radius 3 is 2.48 bits per heavy atom. The number of halogens is 1. The Hall–Kier alpha value is -2.79. The van der Waals surface area contributed by atoms with E-state index in [1.165, 1.54) is 28.2 Å². The fraction of sp³-hybridized carbons (Fsp3) is 0.200. The molecule has 4 rings (SSSR count). The van der Waals surface area contributed by atoms with Crippen molar-refractivity contribution in [3.8, 4) is 11.5 Å². The van der Waals surface area contributed by atoms with Gasteiger partial charge in [-0.15, -0.1) is 10.2 Å². The van der Waals surface area contributed by atoms with Gasteiger partial charge in [-0.25, -0.2) is 4.39 Å². The highest BCUT2D eigenvalue weighted by Gasteiger charge is 2.19. The van der Waals surface area contributed by atoms with Crippen LogP contribution < -0.4 is 4.90 Å². The molecule has 3 aromatic rings. The second-order valence-corrected chi connectivity index (χ2v) is 6.23. The van der Waals surface area contributed by atoms with Gasteiger partial charge in [-0.3, -0.25) is 0 Å². The Kier molecular flexibility index (Phi) is 4.39. The quantitative estimate of drug-likeness (QED) is 0.797. The molecule has 0 aliphatic carbocycles. The summed E-state index contributed by atoms with van der Waals surface area (Å²) in [7, 11) is 0. The van der Waals surface area contributed by atoms with E-state index in [1.54, 1.807) is 12.1 Å². The third kappa shape index (κ3) is 3.67. The number of nitrogens with zero attached hydrogens (tertiary/aromatic N) is 2. The van der Waals surface area contributed by atoms with Crippen LogP contribution in [0.3, 0.4) is 0 Å². The number of aromatic nitrogens is 2. The molecule has 25 heavy (non-hydrogen) atoms. The fourth-order valence-electron chi connectivity index (χ4n) is 3.11. The van der Waals surface area contributed by atoms with Gasteiger partial charge in [0.15, 0.2) is 6.54 Å². The number of nitrogens with one attached hydrogen (secondary N) is 1. The highest BCUT2D eigenvalue weighted by atomic mass is 19.1. The largest absolute Gasteiger partial charge is 0.415 e. The van der Waals surface area contributed by atoms with Gasteiger partial charge in [0, 0.05) is 12.0 Å². The summed E-state index contributed by atoms with van der Waals surface area (Å²) in [5.74, 6) is 0.778. The minimum atomic E-state index is -0.276. The van der Waals surface area contributed by atoms with Gasteiger partial charge in [0.05, 0.1) is 13.1 Å². The zero-order valence-corrected chi connectivity index (χ0v) is 13.8. The molecule has 2 heterocycles. The van der Waals surface area contributed by atoms with Crippen LogP contribution in [0.1, 0.15) is 17.9 Å². The normalized spacial score (nSPS) is 17.3. The van der Waals surface area contributed by atoms with E-state index >= 15 is 0 Å². The van der Waals surface area contributed by atoms with Crippen LogP contribution in [-0.4, -0.2) is 23.3 Å². The van der Waals surface area contributed by atoms with E-state index < -0.39 is 0 Å². The summed E-state index contributed by atoms with van der Waals surface area (Å²) in [6, 6.07) is 16.6. The molecule has 1 aliphatic rings. The van der Waals surface area contributed by atoms with Crippen molar-refractivity contribution in [3.63, 3.8) is 0 Å². The zero-order chi connectivity index (χ0) is 17.1. The van der Waals surface area contributed by atoms with Gasteiger partial charge in [-0.05, 0) is 41.5 Å². The number of hydrogen-bond donors (Lipinski definition) is 1. The third-order valence-electron chi connectivity index (χ3n) is 4.49.